The van der Waals surface area contributed by atoms with Gasteiger partial charge in [0.05, 0.1) is 12.6 Å². The van der Waals surface area contributed by atoms with Crippen molar-refractivity contribution in [2.45, 2.75) is 6.04 Å². The lowest BCUT2D eigenvalue weighted by Crippen LogP contribution is -2.39. The van der Waals surface area contributed by atoms with Gasteiger partial charge in [-0.15, -0.1) is 0 Å². The number of amides is 2. The van der Waals surface area contributed by atoms with Crippen molar-refractivity contribution in [3.05, 3.63) is 65.7 Å². The molecule has 112 valence electrons. The standard InChI is InChI=1S/C17H16N2O3/c20-16(10-18-17(21)12-6-2-1-3-7-12)19-14-11-22-15-9-5-4-8-13(14)15/h1-9,14H,10-11H2,(H,18,21)(H,19,20). The number of benzene rings is 2. The number of carbonyl (C=O) groups excluding carboxylic acids is 2. The summed E-state index contributed by atoms with van der Waals surface area (Å²) in [6.45, 7) is 0.351. The minimum absolute atomic E-state index is 0.0631. The zero-order valence-corrected chi connectivity index (χ0v) is 11.9. The Morgan fingerprint density at radius 1 is 1.05 bits per heavy atom. The van der Waals surface area contributed by atoms with Gasteiger partial charge in [0.15, 0.2) is 0 Å². The van der Waals surface area contributed by atoms with Crippen molar-refractivity contribution >= 4 is 11.8 Å². The van der Waals surface area contributed by atoms with Crippen LogP contribution in [0.1, 0.15) is 22.0 Å². The van der Waals surface area contributed by atoms with Gasteiger partial charge in [0.1, 0.15) is 12.4 Å². The number of fused-ring (bicyclic) bond motifs is 1. The molecule has 3 rings (SSSR count). The van der Waals surface area contributed by atoms with E-state index >= 15 is 0 Å². The number of hydrogen-bond donors (Lipinski definition) is 2. The van der Waals surface area contributed by atoms with E-state index in [4.69, 9.17) is 4.74 Å². The summed E-state index contributed by atoms with van der Waals surface area (Å²) in [5.74, 6) is 0.287. The van der Waals surface area contributed by atoms with E-state index in [0.29, 0.717) is 12.2 Å². The summed E-state index contributed by atoms with van der Waals surface area (Å²) in [6, 6.07) is 16.2. The molecule has 2 aromatic rings. The van der Waals surface area contributed by atoms with Crippen LogP contribution in [0.25, 0.3) is 0 Å². The summed E-state index contributed by atoms with van der Waals surface area (Å²) in [7, 11) is 0. The highest BCUT2D eigenvalue weighted by Gasteiger charge is 2.24. The minimum Gasteiger partial charge on any atom is -0.491 e. The van der Waals surface area contributed by atoms with Gasteiger partial charge in [-0.2, -0.15) is 0 Å². The molecule has 2 aromatic carbocycles. The predicted octanol–water partition coefficient (Wildman–Crippen LogP) is 1.67. The molecule has 22 heavy (non-hydrogen) atoms. The second-order valence-corrected chi connectivity index (χ2v) is 5.02. The Morgan fingerprint density at radius 2 is 1.77 bits per heavy atom. The van der Waals surface area contributed by atoms with Crippen LogP contribution in [0.15, 0.2) is 54.6 Å². The van der Waals surface area contributed by atoms with E-state index in [-0.39, 0.29) is 24.4 Å². The average Bonchev–Trinajstić information content (AvgIpc) is 2.97. The van der Waals surface area contributed by atoms with Gasteiger partial charge in [0, 0.05) is 11.1 Å². The fourth-order valence-corrected chi connectivity index (χ4v) is 2.38. The molecule has 1 aliphatic heterocycles. The highest BCUT2D eigenvalue weighted by molar-refractivity contribution is 5.96. The first kappa shape index (κ1) is 14.1. The average molecular weight is 296 g/mol. The third-order valence-electron chi connectivity index (χ3n) is 3.48. The lowest BCUT2D eigenvalue weighted by atomic mass is 10.1. The molecule has 5 nitrogen and oxygen atoms in total. The summed E-state index contributed by atoms with van der Waals surface area (Å²) >= 11 is 0. The molecule has 1 heterocycles. The van der Waals surface area contributed by atoms with E-state index in [9.17, 15) is 9.59 Å². The van der Waals surface area contributed by atoms with Crippen LogP contribution in [0.2, 0.25) is 0 Å². The zero-order chi connectivity index (χ0) is 15.4. The van der Waals surface area contributed by atoms with Crippen molar-refractivity contribution in [3.63, 3.8) is 0 Å². The molecule has 0 radical (unpaired) electrons. The van der Waals surface area contributed by atoms with Crippen molar-refractivity contribution in [3.8, 4) is 5.75 Å². The second-order valence-electron chi connectivity index (χ2n) is 5.02. The number of para-hydroxylation sites is 1. The molecule has 1 unspecified atom stereocenters. The molecule has 0 aromatic heterocycles. The number of carbonyl (C=O) groups is 2. The van der Waals surface area contributed by atoms with Gasteiger partial charge in [0.25, 0.3) is 5.91 Å². The van der Waals surface area contributed by atoms with E-state index in [1.54, 1.807) is 24.3 Å². The van der Waals surface area contributed by atoms with Crippen LogP contribution in [0.4, 0.5) is 0 Å². The first-order valence-electron chi connectivity index (χ1n) is 7.08. The van der Waals surface area contributed by atoms with E-state index in [1.807, 2.05) is 30.3 Å². The molecule has 0 spiro atoms. The topological polar surface area (TPSA) is 67.4 Å². The maximum atomic E-state index is 12.0. The molecule has 2 N–H and O–H groups in total. The first-order valence-corrected chi connectivity index (χ1v) is 7.08. The van der Waals surface area contributed by atoms with Crippen molar-refractivity contribution in [1.82, 2.24) is 10.6 Å². The maximum absolute atomic E-state index is 12.0. The molecule has 0 aliphatic carbocycles. The fraction of sp³-hybridized carbons (Fsp3) is 0.176. The summed E-state index contributed by atoms with van der Waals surface area (Å²) < 4.78 is 5.50. The molecule has 1 atom stereocenters. The SMILES string of the molecule is O=C(CNC(=O)c1ccccc1)NC1COc2ccccc21. The molecule has 0 saturated heterocycles. The molecular formula is C17H16N2O3. The molecular weight excluding hydrogens is 280 g/mol. The van der Waals surface area contributed by atoms with E-state index < -0.39 is 0 Å². The number of ether oxygens (including phenoxy) is 1. The maximum Gasteiger partial charge on any atom is 0.251 e. The Morgan fingerprint density at radius 3 is 2.59 bits per heavy atom. The highest BCUT2D eigenvalue weighted by atomic mass is 16.5. The minimum atomic E-state index is -0.265. The summed E-state index contributed by atoms with van der Waals surface area (Å²) in [6.07, 6.45) is 0. The van der Waals surface area contributed by atoms with E-state index in [1.165, 1.54) is 0 Å². The third-order valence-corrected chi connectivity index (χ3v) is 3.48. The molecule has 0 bridgehead atoms. The lowest BCUT2D eigenvalue weighted by molar-refractivity contribution is -0.120. The van der Waals surface area contributed by atoms with E-state index in [0.717, 1.165) is 11.3 Å². The Labute approximate surface area is 128 Å². The molecule has 0 fully saturated rings. The number of hydrogen-bond acceptors (Lipinski definition) is 3. The van der Waals surface area contributed by atoms with Gasteiger partial charge >= 0.3 is 0 Å². The quantitative estimate of drug-likeness (QED) is 0.902. The van der Waals surface area contributed by atoms with Crippen molar-refractivity contribution in [2.75, 3.05) is 13.2 Å². The molecule has 2 amide bonds. The number of rotatable bonds is 4. The predicted molar refractivity (Wildman–Crippen MR) is 81.6 cm³/mol. The van der Waals surface area contributed by atoms with Crippen LogP contribution in [-0.2, 0) is 4.79 Å². The molecule has 5 heteroatoms. The number of nitrogens with one attached hydrogen (secondary N) is 2. The van der Waals surface area contributed by atoms with Crippen LogP contribution in [-0.4, -0.2) is 25.0 Å². The van der Waals surface area contributed by atoms with Crippen molar-refractivity contribution in [2.24, 2.45) is 0 Å². The van der Waals surface area contributed by atoms with Gasteiger partial charge in [-0.05, 0) is 18.2 Å². The largest absolute Gasteiger partial charge is 0.491 e. The van der Waals surface area contributed by atoms with Gasteiger partial charge in [0.2, 0.25) is 5.91 Å². The van der Waals surface area contributed by atoms with Crippen LogP contribution in [0, 0.1) is 0 Å². The van der Waals surface area contributed by atoms with E-state index in [2.05, 4.69) is 10.6 Å². The van der Waals surface area contributed by atoms with Crippen LogP contribution >= 0.6 is 0 Å². The van der Waals surface area contributed by atoms with Gasteiger partial charge in [-0.3, -0.25) is 9.59 Å². The fourth-order valence-electron chi connectivity index (χ4n) is 2.38. The van der Waals surface area contributed by atoms with Crippen molar-refractivity contribution in [1.29, 1.82) is 0 Å². The summed E-state index contributed by atoms with van der Waals surface area (Å²) in [4.78, 5) is 23.8. The monoisotopic (exact) mass is 296 g/mol. The Kier molecular flexibility index (Phi) is 4.05. The zero-order valence-electron chi connectivity index (χ0n) is 11.9. The first-order chi connectivity index (χ1) is 10.7. The Bertz CT molecular complexity index is 685. The molecule has 0 saturated carbocycles. The van der Waals surface area contributed by atoms with Crippen LogP contribution in [0.5, 0.6) is 5.75 Å². The Balaban J connectivity index is 1.53. The van der Waals surface area contributed by atoms with Gasteiger partial charge in [-0.1, -0.05) is 36.4 Å². The van der Waals surface area contributed by atoms with Crippen LogP contribution < -0.4 is 15.4 Å². The van der Waals surface area contributed by atoms with Crippen LogP contribution in [0.3, 0.4) is 0 Å². The van der Waals surface area contributed by atoms with Gasteiger partial charge in [-0.25, -0.2) is 0 Å². The second kappa shape index (κ2) is 6.30. The van der Waals surface area contributed by atoms with Crippen molar-refractivity contribution < 1.29 is 14.3 Å². The van der Waals surface area contributed by atoms with Gasteiger partial charge < -0.3 is 15.4 Å². The molecule has 1 aliphatic rings. The Hall–Kier alpha value is -2.82. The highest BCUT2D eigenvalue weighted by Crippen LogP contribution is 2.31. The lowest BCUT2D eigenvalue weighted by Gasteiger charge is -2.12. The summed E-state index contributed by atoms with van der Waals surface area (Å²) in [5.41, 5.74) is 1.50. The normalized spacial score (nSPS) is 15.5. The summed E-state index contributed by atoms with van der Waals surface area (Å²) in [5, 5.41) is 5.47. The third kappa shape index (κ3) is 3.09. The smallest absolute Gasteiger partial charge is 0.251 e.